The van der Waals surface area contributed by atoms with Crippen molar-refractivity contribution in [2.24, 2.45) is 0 Å². The first-order chi connectivity index (χ1) is 18.1. The summed E-state index contributed by atoms with van der Waals surface area (Å²) in [5, 5.41) is 14.4. The van der Waals surface area contributed by atoms with Crippen molar-refractivity contribution in [3.05, 3.63) is 94.7 Å². The van der Waals surface area contributed by atoms with Crippen LogP contribution in [0, 0.1) is 24.6 Å². The zero-order chi connectivity index (χ0) is 27.0. The van der Waals surface area contributed by atoms with Gasteiger partial charge in [0.2, 0.25) is 0 Å². The third-order valence-corrected chi connectivity index (χ3v) is 6.76. The minimum atomic E-state index is -0.874. The number of amides is 1. The van der Waals surface area contributed by atoms with E-state index in [0.29, 0.717) is 30.0 Å². The fourth-order valence-corrected chi connectivity index (χ4v) is 4.58. The highest BCUT2D eigenvalue weighted by molar-refractivity contribution is 5.93. The number of aromatic nitrogens is 2. The van der Waals surface area contributed by atoms with Gasteiger partial charge in [-0.3, -0.25) is 9.69 Å². The molecule has 1 aliphatic heterocycles. The SMILES string of the molecule is Cc1cc(C#CC(C)(C)N2CC(F)C2)cc(C(=O)NC(c2cc3ccccc3[nH]2)c2cc(F)ccc2O)n1. The number of likely N-dealkylation sites (tertiary alicyclic amines) is 1. The van der Waals surface area contributed by atoms with Crippen LogP contribution in [-0.2, 0) is 0 Å². The topological polar surface area (TPSA) is 81.2 Å². The van der Waals surface area contributed by atoms with E-state index in [0.717, 1.165) is 17.0 Å². The summed E-state index contributed by atoms with van der Waals surface area (Å²) < 4.78 is 27.5. The van der Waals surface area contributed by atoms with Crippen LogP contribution in [0.2, 0.25) is 0 Å². The Balaban J connectivity index is 1.47. The summed E-state index contributed by atoms with van der Waals surface area (Å²) in [5.41, 5.74) is 2.45. The van der Waals surface area contributed by atoms with E-state index in [9.17, 15) is 18.7 Å². The number of halogens is 2. The van der Waals surface area contributed by atoms with Crippen molar-refractivity contribution < 1.29 is 18.7 Å². The van der Waals surface area contributed by atoms with Crippen molar-refractivity contribution in [2.75, 3.05) is 13.1 Å². The smallest absolute Gasteiger partial charge is 0.270 e. The summed E-state index contributed by atoms with van der Waals surface area (Å²) in [4.78, 5) is 23.1. The van der Waals surface area contributed by atoms with Crippen LogP contribution in [0.25, 0.3) is 10.9 Å². The number of rotatable bonds is 5. The fraction of sp³-hybridized carbons (Fsp3) is 0.267. The van der Waals surface area contributed by atoms with E-state index in [2.05, 4.69) is 27.1 Å². The molecule has 1 fully saturated rings. The highest BCUT2D eigenvalue weighted by Gasteiger charge is 2.36. The van der Waals surface area contributed by atoms with Gasteiger partial charge in [-0.15, -0.1) is 0 Å². The number of aromatic amines is 1. The van der Waals surface area contributed by atoms with Gasteiger partial charge in [0.15, 0.2) is 0 Å². The Bertz CT molecular complexity index is 1550. The van der Waals surface area contributed by atoms with Gasteiger partial charge >= 0.3 is 0 Å². The van der Waals surface area contributed by atoms with Crippen molar-refractivity contribution in [1.82, 2.24) is 20.2 Å². The molecule has 1 amide bonds. The maximum Gasteiger partial charge on any atom is 0.270 e. The number of nitrogens with zero attached hydrogens (tertiary/aromatic N) is 2. The lowest BCUT2D eigenvalue weighted by atomic mass is 9.97. The van der Waals surface area contributed by atoms with E-state index in [1.807, 2.05) is 49.1 Å². The van der Waals surface area contributed by atoms with E-state index in [1.165, 1.54) is 12.1 Å². The molecule has 5 rings (SSSR count). The number of phenolic OH excluding ortho intramolecular Hbond substituents is 1. The van der Waals surface area contributed by atoms with Gasteiger partial charge in [-0.25, -0.2) is 13.8 Å². The first-order valence-electron chi connectivity index (χ1n) is 12.4. The van der Waals surface area contributed by atoms with Crippen molar-refractivity contribution in [2.45, 2.75) is 38.5 Å². The molecule has 4 aromatic rings. The van der Waals surface area contributed by atoms with E-state index in [1.54, 1.807) is 19.1 Å². The number of alkyl halides is 1. The summed E-state index contributed by atoms with van der Waals surface area (Å²) in [6, 6.07) is 15.6. The number of H-pyrrole nitrogens is 1. The Morgan fingerprint density at radius 1 is 1.18 bits per heavy atom. The number of carbonyl (C=O) groups is 1. The fourth-order valence-electron chi connectivity index (χ4n) is 4.58. The van der Waals surface area contributed by atoms with Crippen LogP contribution in [0.3, 0.4) is 0 Å². The average molecular weight is 515 g/mol. The number of hydrogen-bond acceptors (Lipinski definition) is 4. The monoisotopic (exact) mass is 514 g/mol. The van der Waals surface area contributed by atoms with Gasteiger partial charge in [-0.2, -0.15) is 0 Å². The van der Waals surface area contributed by atoms with Crippen molar-refractivity contribution in [3.8, 4) is 17.6 Å². The lowest BCUT2D eigenvalue weighted by Crippen LogP contribution is -2.57. The quantitative estimate of drug-likeness (QED) is 0.327. The summed E-state index contributed by atoms with van der Waals surface area (Å²) in [6.07, 6.45) is -0.822. The first kappa shape index (κ1) is 25.4. The molecule has 1 atom stereocenters. The van der Waals surface area contributed by atoms with Crippen LogP contribution in [-0.4, -0.2) is 50.7 Å². The molecule has 1 saturated heterocycles. The predicted molar refractivity (Wildman–Crippen MR) is 142 cm³/mol. The molecule has 0 saturated carbocycles. The zero-order valence-electron chi connectivity index (χ0n) is 21.3. The number of aromatic hydroxyl groups is 1. The Labute approximate surface area is 219 Å². The number of para-hydroxylation sites is 1. The minimum absolute atomic E-state index is 0.136. The highest BCUT2D eigenvalue weighted by atomic mass is 19.1. The number of benzene rings is 2. The van der Waals surface area contributed by atoms with Gasteiger partial charge in [-0.1, -0.05) is 30.0 Å². The Morgan fingerprint density at radius 3 is 2.68 bits per heavy atom. The molecule has 0 aliphatic carbocycles. The Kier molecular flexibility index (Phi) is 6.64. The Hall–Kier alpha value is -4.22. The van der Waals surface area contributed by atoms with Gasteiger partial charge < -0.3 is 15.4 Å². The predicted octanol–water partition coefficient (Wildman–Crippen LogP) is 5.02. The lowest BCUT2D eigenvalue weighted by molar-refractivity contribution is 0.0124. The number of fused-ring (bicyclic) bond motifs is 1. The number of nitrogens with one attached hydrogen (secondary N) is 2. The van der Waals surface area contributed by atoms with Crippen LogP contribution in [0.4, 0.5) is 8.78 Å². The van der Waals surface area contributed by atoms with Crippen molar-refractivity contribution in [3.63, 3.8) is 0 Å². The molecule has 38 heavy (non-hydrogen) atoms. The molecule has 0 spiro atoms. The number of aryl methyl sites for hydroxylation is 1. The van der Waals surface area contributed by atoms with E-state index in [-0.39, 0.29) is 17.0 Å². The standard InChI is InChI=1S/C30H28F2N4O2/c1-18-12-19(10-11-30(2,3)36-16-22(32)17-36)13-26(33-18)29(38)35-28(23-15-21(31)8-9-27(23)37)25-14-20-6-4-5-7-24(20)34-25/h4-9,12-15,22,28,34,37H,16-17H2,1-3H3,(H,35,38). The molecule has 0 radical (unpaired) electrons. The second-order valence-corrected chi connectivity index (χ2v) is 10.1. The molecular weight excluding hydrogens is 486 g/mol. The van der Waals surface area contributed by atoms with Gasteiger partial charge in [0.05, 0.1) is 11.6 Å². The molecule has 6 nitrogen and oxygen atoms in total. The van der Waals surface area contributed by atoms with Crippen molar-refractivity contribution in [1.29, 1.82) is 0 Å². The molecule has 2 aromatic heterocycles. The maximum atomic E-state index is 14.2. The van der Waals surface area contributed by atoms with Crippen LogP contribution >= 0.6 is 0 Å². The zero-order valence-corrected chi connectivity index (χ0v) is 21.3. The molecule has 194 valence electrons. The lowest BCUT2D eigenvalue weighted by Gasteiger charge is -2.43. The van der Waals surface area contributed by atoms with Crippen molar-refractivity contribution >= 4 is 16.8 Å². The second-order valence-electron chi connectivity index (χ2n) is 10.1. The number of pyridine rings is 1. The Morgan fingerprint density at radius 2 is 1.95 bits per heavy atom. The number of phenols is 1. The van der Waals surface area contributed by atoms with Crippen LogP contribution in [0.5, 0.6) is 5.75 Å². The summed E-state index contributed by atoms with van der Waals surface area (Å²) in [6.45, 7) is 6.34. The highest BCUT2D eigenvalue weighted by Crippen LogP contribution is 2.32. The normalized spacial score (nSPS) is 15.0. The third kappa shape index (κ3) is 5.24. The van der Waals surface area contributed by atoms with Gasteiger partial charge in [-0.05, 0) is 68.6 Å². The largest absolute Gasteiger partial charge is 0.508 e. The van der Waals surface area contributed by atoms with Gasteiger partial charge in [0, 0.05) is 41.1 Å². The average Bonchev–Trinajstić information content (AvgIpc) is 3.29. The van der Waals surface area contributed by atoms with E-state index in [4.69, 9.17) is 0 Å². The van der Waals surface area contributed by atoms with E-state index >= 15 is 0 Å². The maximum absolute atomic E-state index is 14.2. The van der Waals surface area contributed by atoms with Gasteiger partial charge in [0.1, 0.15) is 23.4 Å². The summed E-state index contributed by atoms with van der Waals surface area (Å²) in [5.74, 6) is 5.09. The van der Waals surface area contributed by atoms with Crippen LogP contribution in [0.15, 0.2) is 60.7 Å². The number of hydrogen-bond donors (Lipinski definition) is 3. The summed E-state index contributed by atoms with van der Waals surface area (Å²) >= 11 is 0. The molecular formula is C30H28F2N4O2. The molecule has 2 aromatic carbocycles. The minimum Gasteiger partial charge on any atom is -0.508 e. The van der Waals surface area contributed by atoms with Crippen LogP contribution < -0.4 is 5.32 Å². The van der Waals surface area contributed by atoms with Gasteiger partial charge in [0.25, 0.3) is 5.91 Å². The molecule has 0 bridgehead atoms. The third-order valence-electron chi connectivity index (χ3n) is 6.76. The number of carbonyl (C=O) groups excluding carboxylic acids is 1. The second kappa shape index (κ2) is 9.92. The molecule has 3 N–H and O–H groups in total. The molecule has 1 unspecified atom stereocenters. The first-order valence-corrected chi connectivity index (χ1v) is 12.4. The van der Waals surface area contributed by atoms with E-state index < -0.39 is 29.5 Å². The molecule has 3 heterocycles. The van der Waals surface area contributed by atoms with Crippen LogP contribution in [0.1, 0.15) is 52.9 Å². The molecule has 1 aliphatic rings. The molecule has 8 heteroatoms. The summed E-state index contributed by atoms with van der Waals surface area (Å²) in [7, 11) is 0.